The van der Waals surface area contributed by atoms with Gasteiger partial charge in [0.05, 0.1) is 5.92 Å². The van der Waals surface area contributed by atoms with Gasteiger partial charge in [-0.05, 0) is 42.7 Å². The molecule has 1 fully saturated rings. The van der Waals surface area contributed by atoms with Crippen LogP contribution in [0.1, 0.15) is 33.1 Å². The highest BCUT2D eigenvalue weighted by molar-refractivity contribution is 6.55. The van der Waals surface area contributed by atoms with Crippen LogP contribution in [0.25, 0.3) is 0 Å². The number of terminal acetylenes is 1. The third-order valence-electron chi connectivity index (χ3n) is 4.06. The van der Waals surface area contributed by atoms with Crippen LogP contribution in [0.4, 0.5) is 4.39 Å². The average Bonchev–Trinajstić information content (AvgIpc) is 3.00. The van der Waals surface area contributed by atoms with E-state index in [-0.39, 0.29) is 22.4 Å². The molecule has 1 saturated carbocycles. The lowest BCUT2D eigenvalue weighted by Gasteiger charge is -2.11. The third kappa shape index (κ3) is 5.53. The molecule has 0 aliphatic heterocycles. The Labute approximate surface area is 146 Å². The minimum absolute atomic E-state index is 0.0534. The minimum Gasteiger partial charge on any atom is -0.441 e. The van der Waals surface area contributed by atoms with E-state index in [0.29, 0.717) is 19.3 Å². The Kier molecular flexibility index (Phi) is 7.60. The summed E-state index contributed by atoms with van der Waals surface area (Å²) in [5.74, 6) is 0.298. The van der Waals surface area contributed by atoms with E-state index in [2.05, 4.69) is 5.92 Å². The van der Waals surface area contributed by atoms with E-state index in [4.69, 9.17) is 39.5 Å². The lowest BCUT2D eigenvalue weighted by molar-refractivity contribution is -0.148. The first-order chi connectivity index (χ1) is 10.8. The molecule has 23 heavy (non-hydrogen) atoms. The Morgan fingerprint density at radius 3 is 2.65 bits per heavy atom. The van der Waals surface area contributed by atoms with Gasteiger partial charge in [-0.3, -0.25) is 4.79 Å². The van der Waals surface area contributed by atoms with Crippen LogP contribution in [0.15, 0.2) is 22.5 Å². The van der Waals surface area contributed by atoms with Gasteiger partial charge in [0.2, 0.25) is 6.10 Å². The molecule has 128 valence electrons. The second-order valence-corrected chi connectivity index (χ2v) is 7.08. The summed E-state index contributed by atoms with van der Waals surface area (Å²) < 4.78 is 19.2. The second kappa shape index (κ2) is 8.73. The number of esters is 1. The fourth-order valence-corrected chi connectivity index (χ4v) is 2.81. The van der Waals surface area contributed by atoms with E-state index in [9.17, 15) is 9.18 Å². The van der Waals surface area contributed by atoms with Gasteiger partial charge >= 0.3 is 5.97 Å². The number of unbranched alkanes of at least 4 members (excludes halogenated alkanes) is 2. The highest BCUT2D eigenvalue weighted by Crippen LogP contribution is 2.60. The van der Waals surface area contributed by atoms with Crippen molar-refractivity contribution in [2.24, 2.45) is 17.3 Å². The molecule has 0 heterocycles. The maximum absolute atomic E-state index is 14.0. The van der Waals surface area contributed by atoms with E-state index in [0.717, 1.165) is 0 Å². The maximum Gasteiger partial charge on any atom is 0.311 e. The average molecular weight is 363 g/mol. The van der Waals surface area contributed by atoms with Crippen LogP contribution in [-0.4, -0.2) is 23.8 Å². The van der Waals surface area contributed by atoms with Crippen LogP contribution in [0.5, 0.6) is 0 Å². The van der Waals surface area contributed by atoms with Crippen molar-refractivity contribution >= 4 is 29.2 Å². The summed E-state index contributed by atoms with van der Waals surface area (Å²) in [5.41, 5.74) is -0.355. The van der Waals surface area contributed by atoms with Crippen molar-refractivity contribution in [2.75, 3.05) is 6.61 Å². The lowest BCUT2D eigenvalue weighted by atomic mass is 10.1. The number of ether oxygens (including phenoxy) is 1. The molecule has 0 aromatic heterocycles. The molecule has 3 nitrogen and oxygen atoms in total. The van der Waals surface area contributed by atoms with Gasteiger partial charge in [0.15, 0.2) is 0 Å². The summed E-state index contributed by atoms with van der Waals surface area (Å²) in [7, 11) is 0. The number of aliphatic hydroxyl groups excluding tert-OH is 1. The Hall–Kier alpha value is -1.02. The molecule has 0 bridgehead atoms. The van der Waals surface area contributed by atoms with Gasteiger partial charge in [-0.1, -0.05) is 43.0 Å². The van der Waals surface area contributed by atoms with Gasteiger partial charge in [0.1, 0.15) is 10.3 Å². The molecule has 3 unspecified atom stereocenters. The normalized spacial score (nSPS) is 23.6. The molecule has 1 rings (SSSR count). The molecule has 0 amide bonds. The fraction of sp³-hybridized carbons (Fsp3) is 0.588. The van der Waals surface area contributed by atoms with Gasteiger partial charge in [0.25, 0.3) is 0 Å². The van der Waals surface area contributed by atoms with E-state index in [1.165, 1.54) is 6.08 Å². The zero-order valence-corrected chi connectivity index (χ0v) is 14.7. The lowest BCUT2D eigenvalue weighted by Crippen LogP contribution is -2.20. The number of carbonyl (C=O) groups is 1. The zero-order chi connectivity index (χ0) is 17.6. The highest BCUT2D eigenvalue weighted by atomic mass is 35.5. The second-order valence-electron chi connectivity index (χ2n) is 6.07. The monoisotopic (exact) mass is 362 g/mol. The molecule has 0 spiro atoms. The molecule has 0 radical (unpaired) electrons. The van der Waals surface area contributed by atoms with Crippen LogP contribution in [0.2, 0.25) is 0 Å². The van der Waals surface area contributed by atoms with Crippen molar-refractivity contribution in [3.05, 3.63) is 22.5 Å². The summed E-state index contributed by atoms with van der Waals surface area (Å²) in [5, 5.41) is 8.67. The molecule has 3 atom stereocenters. The maximum atomic E-state index is 14.0. The standard InChI is InChI=1S/C17H21Cl2FO3/c1-4-13(12(20)8-6-5-7-9-21)23-16(22)15-11(10-14(18)19)17(15,2)3/h1,8,10-11,13,15,21H,5-7,9H2,2-3H3. The Balaban J connectivity index is 2.64. The molecule has 1 aliphatic carbocycles. The molecule has 0 aromatic carbocycles. The summed E-state index contributed by atoms with van der Waals surface area (Å²) in [6, 6.07) is 0. The van der Waals surface area contributed by atoms with E-state index in [1.807, 2.05) is 13.8 Å². The zero-order valence-electron chi connectivity index (χ0n) is 13.2. The van der Waals surface area contributed by atoms with Gasteiger partial charge < -0.3 is 9.84 Å². The first-order valence-corrected chi connectivity index (χ1v) is 8.17. The number of hydrogen-bond donors (Lipinski definition) is 1. The first kappa shape index (κ1) is 20.0. The Morgan fingerprint density at radius 1 is 1.48 bits per heavy atom. The van der Waals surface area contributed by atoms with Gasteiger partial charge in [-0.2, -0.15) is 0 Å². The van der Waals surface area contributed by atoms with Crippen molar-refractivity contribution in [1.82, 2.24) is 0 Å². The van der Waals surface area contributed by atoms with Crippen LogP contribution in [-0.2, 0) is 9.53 Å². The van der Waals surface area contributed by atoms with Crippen LogP contribution >= 0.6 is 23.2 Å². The summed E-state index contributed by atoms with van der Waals surface area (Å²) in [6.07, 6.45) is 8.43. The molecular formula is C17H21Cl2FO3. The number of halogens is 3. The topological polar surface area (TPSA) is 46.5 Å². The Morgan fingerprint density at radius 2 is 2.13 bits per heavy atom. The predicted molar refractivity (Wildman–Crippen MR) is 89.4 cm³/mol. The van der Waals surface area contributed by atoms with Crippen molar-refractivity contribution in [3.63, 3.8) is 0 Å². The minimum atomic E-state index is -1.33. The van der Waals surface area contributed by atoms with Gasteiger partial charge in [-0.25, -0.2) is 4.39 Å². The smallest absolute Gasteiger partial charge is 0.311 e. The van der Waals surface area contributed by atoms with Crippen molar-refractivity contribution in [3.8, 4) is 12.3 Å². The van der Waals surface area contributed by atoms with Gasteiger partial charge in [0, 0.05) is 6.61 Å². The third-order valence-corrected chi connectivity index (χ3v) is 4.31. The predicted octanol–water partition coefficient (Wildman–Crippen LogP) is 4.14. The van der Waals surface area contributed by atoms with Crippen LogP contribution < -0.4 is 0 Å². The highest BCUT2D eigenvalue weighted by Gasteiger charge is 2.62. The van der Waals surface area contributed by atoms with Crippen LogP contribution in [0, 0.1) is 29.6 Å². The first-order valence-electron chi connectivity index (χ1n) is 7.41. The molecule has 6 heteroatoms. The number of aliphatic hydroxyl groups is 1. The molecule has 1 aliphatic rings. The van der Waals surface area contributed by atoms with Crippen LogP contribution in [0.3, 0.4) is 0 Å². The van der Waals surface area contributed by atoms with Crippen molar-refractivity contribution < 1.29 is 19.0 Å². The largest absolute Gasteiger partial charge is 0.441 e. The summed E-state index contributed by atoms with van der Waals surface area (Å²) >= 11 is 11.3. The van der Waals surface area contributed by atoms with E-state index >= 15 is 0 Å². The molecular weight excluding hydrogens is 342 g/mol. The molecule has 1 N–H and O–H groups in total. The van der Waals surface area contributed by atoms with Crippen molar-refractivity contribution in [1.29, 1.82) is 0 Å². The SMILES string of the molecule is C#CC(OC(=O)C1C(C=C(Cl)Cl)C1(C)C)C(F)=CCCCCO. The Bertz CT molecular complexity index is 530. The number of carbonyl (C=O) groups excluding carboxylic acids is 1. The number of hydrogen-bond acceptors (Lipinski definition) is 3. The van der Waals surface area contributed by atoms with E-state index in [1.54, 1.807) is 6.08 Å². The van der Waals surface area contributed by atoms with Crippen molar-refractivity contribution in [2.45, 2.75) is 39.2 Å². The number of rotatable bonds is 8. The number of allylic oxidation sites excluding steroid dienone is 2. The molecule has 0 aromatic rings. The van der Waals surface area contributed by atoms with Gasteiger partial charge in [-0.15, -0.1) is 6.42 Å². The van der Waals surface area contributed by atoms with E-state index < -0.39 is 23.8 Å². The fourth-order valence-electron chi connectivity index (χ4n) is 2.54. The summed E-state index contributed by atoms with van der Waals surface area (Å²) in [4.78, 5) is 12.2. The molecule has 0 saturated heterocycles. The summed E-state index contributed by atoms with van der Waals surface area (Å²) in [6.45, 7) is 3.81. The quantitative estimate of drug-likeness (QED) is 0.401.